The van der Waals surface area contributed by atoms with Gasteiger partial charge in [-0.05, 0) is 25.1 Å². The molecule has 0 N–H and O–H groups in total. The van der Waals surface area contributed by atoms with E-state index in [2.05, 4.69) is 13.1 Å². The fourth-order valence-corrected chi connectivity index (χ4v) is 2.12. The van der Waals surface area contributed by atoms with Crippen LogP contribution in [0.4, 0.5) is 5.69 Å². The average molecular weight is 260 g/mol. The molecule has 6 heteroatoms. The fraction of sp³-hybridized carbons (Fsp3) is 0.400. The zero-order chi connectivity index (χ0) is 12.1. The molecule has 0 amide bonds. The van der Waals surface area contributed by atoms with Crippen molar-refractivity contribution < 1.29 is 9.35 Å². The van der Waals surface area contributed by atoms with E-state index in [1.54, 1.807) is 6.07 Å². The molecule has 88 valence electrons. The minimum atomic E-state index is -1.00. The largest absolute Gasteiger partial charge is 0.420 e. The Morgan fingerprint density at radius 2 is 2.19 bits per heavy atom. The Morgan fingerprint density at radius 1 is 1.50 bits per heavy atom. The standard InChI is InChI=1S/C10H14ClNO3Si/c1-16(2)15-6-5-8-3-4-9(12(13)14)7-10(8)11/h3-4,7,16H,5-6H2,1-2H3. The van der Waals surface area contributed by atoms with Crippen LogP contribution in [0.15, 0.2) is 18.2 Å². The number of nitro benzene ring substituents is 1. The molecule has 0 radical (unpaired) electrons. The van der Waals surface area contributed by atoms with Gasteiger partial charge in [0.25, 0.3) is 5.69 Å². The minimum absolute atomic E-state index is 0.0212. The molecule has 0 unspecified atom stereocenters. The first-order chi connectivity index (χ1) is 7.50. The minimum Gasteiger partial charge on any atom is -0.420 e. The molecule has 0 aliphatic heterocycles. The van der Waals surface area contributed by atoms with E-state index in [1.165, 1.54) is 12.1 Å². The van der Waals surface area contributed by atoms with Gasteiger partial charge >= 0.3 is 0 Å². The number of nitro groups is 1. The zero-order valence-electron chi connectivity index (χ0n) is 9.27. The van der Waals surface area contributed by atoms with Crippen molar-refractivity contribution in [2.24, 2.45) is 0 Å². The number of halogens is 1. The molecule has 4 nitrogen and oxygen atoms in total. The summed E-state index contributed by atoms with van der Waals surface area (Å²) < 4.78 is 5.52. The van der Waals surface area contributed by atoms with Crippen molar-refractivity contribution in [3.63, 3.8) is 0 Å². The molecule has 1 aromatic rings. The Hall–Kier alpha value is -0.913. The van der Waals surface area contributed by atoms with Crippen molar-refractivity contribution in [2.45, 2.75) is 19.5 Å². The summed E-state index contributed by atoms with van der Waals surface area (Å²) in [5.41, 5.74) is 0.912. The maximum Gasteiger partial charge on any atom is 0.270 e. The predicted octanol–water partition coefficient (Wildman–Crippen LogP) is 2.79. The van der Waals surface area contributed by atoms with Crippen LogP contribution in [0, 0.1) is 10.1 Å². The first kappa shape index (κ1) is 13.2. The molecule has 0 heterocycles. The van der Waals surface area contributed by atoms with Gasteiger partial charge in [-0.2, -0.15) is 0 Å². The lowest BCUT2D eigenvalue weighted by Crippen LogP contribution is -2.10. The molecule has 16 heavy (non-hydrogen) atoms. The normalized spacial score (nSPS) is 10.8. The van der Waals surface area contributed by atoms with Crippen LogP contribution >= 0.6 is 11.6 Å². The summed E-state index contributed by atoms with van der Waals surface area (Å²) in [6.45, 7) is 4.82. The highest BCUT2D eigenvalue weighted by atomic mass is 35.5. The Balaban J connectivity index is 2.64. The highest BCUT2D eigenvalue weighted by molar-refractivity contribution is 6.48. The second-order valence-corrected chi connectivity index (χ2v) is 6.54. The summed E-state index contributed by atoms with van der Waals surface area (Å²) >= 11 is 5.94. The van der Waals surface area contributed by atoms with E-state index in [9.17, 15) is 10.1 Å². The highest BCUT2D eigenvalue weighted by Crippen LogP contribution is 2.22. The van der Waals surface area contributed by atoms with Crippen LogP contribution in [0.5, 0.6) is 0 Å². The number of hydrogen-bond donors (Lipinski definition) is 0. The Bertz CT molecular complexity index is 384. The second-order valence-electron chi connectivity index (χ2n) is 3.70. The van der Waals surface area contributed by atoms with Crippen LogP contribution < -0.4 is 0 Å². The molecule has 0 aromatic heterocycles. The Labute approximate surface area is 101 Å². The molecule has 0 saturated carbocycles. The lowest BCUT2D eigenvalue weighted by atomic mass is 10.1. The van der Waals surface area contributed by atoms with Crippen LogP contribution in [0.1, 0.15) is 5.56 Å². The third-order valence-electron chi connectivity index (χ3n) is 2.07. The molecule has 0 fully saturated rings. The lowest BCUT2D eigenvalue weighted by molar-refractivity contribution is -0.384. The van der Waals surface area contributed by atoms with Gasteiger partial charge in [-0.1, -0.05) is 17.7 Å². The summed E-state index contributed by atoms with van der Waals surface area (Å²) in [4.78, 5) is 10.0. The molecule has 0 bridgehead atoms. The topological polar surface area (TPSA) is 52.4 Å². The summed E-state index contributed by atoms with van der Waals surface area (Å²) in [6.07, 6.45) is 0.696. The van der Waals surface area contributed by atoms with Crippen molar-refractivity contribution in [3.8, 4) is 0 Å². The molecule has 0 aliphatic rings. The number of rotatable bonds is 5. The van der Waals surface area contributed by atoms with Crippen molar-refractivity contribution in [1.82, 2.24) is 0 Å². The number of hydrogen-bond acceptors (Lipinski definition) is 3. The smallest absolute Gasteiger partial charge is 0.270 e. The van der Waals surface area contributed by atoms with Gasteiger partial charge in [0.05, 0.1) is 9.95 Å². The van der Waals surface area contributed by atoms with Gasteiger partial charge in [0.2, 0.25) is 0 Å². The van der Waals surface area contributed by atoms with E-state index in [4.69, 9.17) is 16.0 Å². The molecular formula is C10H14ClNO3Si. The van der Waals surface area contributed by atoms with E-state index in [0.29, 0.717) is 18.1 Å². The molecule has 1 aromatic carbocycles. The molecule has 0 aliphatic carbocycles. The quantitative estimate of drug-likeness (QED) is 0.464. The van der Waals surface area contributed by atoms with Gasteiger partial charge in [0.1, 0.15) is 0 Å². The average Bonchev–Trinajstić information content (AvgIpc) is 2.19. The van der Waals surface area contributed by atoms with Crippen molar-refractivity contribution in [3.05, 3.63) is 38.9 Å². The van der Waals surface area contributed by atoms with E-state index in [-0.39, 0.29) is 5.69 Å². The van der Waals surface area contributed by atoms with Crippen LogP contribution in [0.3, 0.4) is 0 Å². The maximum absolute atomic E-state index is 10.5. The van der Waals surface area contributed by atoms with Gasteiger partial charge in [0.15, 0.2) is 9.04 Å². The second kappa shape index (κ2) is 5.98. The van der Waals surface area contributed by atoms with E-state index >= 15 is 0 Å². The summed E-state index contributed by atoms with van der Waals surface area (Å²) in [6, 6.07) is 4.53. The van der Waals surface area contributed by atoms with Crippen LogP contribution in [0.25, 0.3) is 0 Å². The number of non-ortho nitro benzene ring substituents is 1. The van der Waals surface area contributed by atoms with E-state index in [1.807, 2.05) is 0 Å². The van der Waals surface area contributed by atoms with Crippen molar-refractivity contribution in [1.29, 1.82) is 0 Å². The summed E-state index contributed by atoms with van der Waals surface area (Å²) in [5.74, 6) is 0. The monoisotopic (exact) mass is 259 g/mol. The van der Waals surface area contributed by atoms with Crippen molar-refractivity contribution >= 4 is 26.3 Å². The fourth-order valence-electron chi connectivity index (χ4n) is 1.26. The first-order valence-electron chi connectivity index (χ1n) is 5.05. The third kappa shape index (κ3) is 3.92. The molecule has 0 spiro atoms. The highest BCUT2D eigenvalue weighted by Gasteiger charge is 2.09. The number of benzene rings is 1. The lowest BCUT2D eigenvalue weighted by Gasteiger charge is -2.07. The Morgan fingerprint density at radius 3 is 2.69 bits per heavy atom. The van der Waals surface area contributed by atoms with Crippen LogP contribution in [-0.2, 0) is 10.8 Å². The molecule has 1 rings (SSSR count). The number of nitrogens with zero attached hydrogens (tertiary/aromatic N) is 1. The van der Waals surface area contributed by atoms with Gasteiger partial charge in [-0.15, -0.1) is 0 Å². The zero-order valence-corrected chi connectivity index (χ0v) is 11.2. The molecule has 0 saturated heterocycles. The predicted molar refractivity (Wildman–Crippen MR) is 66.6 cm³/mol. The SMILES string of the molecule is C[SiH](C)OCCc1ccc([N+](=O)[O-])cc1Cl. The maximum atomic E-state index is 10.5. The van der Waals surface area contributed by atoms with Crippen molar-refractivity contribution in [2.75, 3.05) is 6.61 Å². The third-order valence-corrected chi connectivity index (χ3v) is 3.32. The van der Waals surface area contributed by atoms with Gasteiger partial charge < -0.3 is 4.43 Å². The summed E-state index contributed by atoms with van der Waals surface area (Å²) in [7, 11) is -1.00. The van der Waals surface area contributed by atoms with Crippen LogP contribution in [0.2, 0.25) is 18.1 Å². The Kier molecular flexibility index (Phi) is 4.92. The molecular weight excluding hydrogens is 246 g/mol. The van der Waals surface area contributed by atoms with Crippen LogP contribution in [-0.4, -0.2) is 20.6 Å². The summed E-state index contributed by atoms with van der Waals surface area (Å²) in [5, 5.41) is 10.9. The van der Waals surface area contributed by atoms with Gasteiger partial charge in [-0.25, -0.2) is 0 Å². The van der Waals surface area contributed by atoms with Gasteiger partial charge in [0, 0.05) is 18.7 Å². The van der Waals surface area contributed by atoms with E-state index in [0.717, 1.165) is 5.56 Å². The van der Waals surface area contributed by atoms with Gasteiger partial charge in [-0.3, -0.25) is 10.1 Å². The molecule has 0 atom stereocenters. The first-order valence-corrected chi connectivity index (χ1v) is 8.21. The van der Waals surface area contributed by atoms with E-state index < -0.39 is 14.0 Å².